The van der Waals surface area contributed by atoms with Crippen molar-refractivity contribution < 1.29 is 4.74 Å². The molecule has 0 spiro atoms. The molecule has 0 aliphatic carbocycles. The van der Waals surface area contributed by atoms with Gasteiger partial charge in [-0.1, -0.05) is 68.7 Å². The van der Waals surface area contributed by atoms with E-state index in [0.29, 0.717) is 6.61 Å². The van der Waals surface area contributed by atoms with Crippen molar-refractivity contribution in [3.8, 4) is 5.75 Å². The molecule has 124 valence electrons. The summed E-state index contributed by atoms with van der Waals surface area (Å²) >= 11 is 0. The summed E-state index contributed by atoms with van der Waals surface area (Å²) in [7, 11) is 0. The quantitative estimate of drug-likeness (QED) is 0.606. The summed E-state index contributed by atoms with van der Waals surface area (Å²) in [6, 6.07) is 16.7. The average Bonchev–Trinajstić information content (AvgIpc) is 2.58. The van der Waals surface area contributed by atoms with E-state index in [9.17, 15) is 0 Å². The van der Waals surface area contributed by atoms with Gasteiger partial charge in [0, 0.05) is 12.1 Å². The third kappa shape index (κ3) is 6.07. The molecule has 1 N–H and O–H groups in total. The highest BCUT2D eigenvalue weighted by Gasteiger charge is 2.04. The van der Waals surface area contributed by atoms with Crippen LogP contribution in [0, 0.1) is 6.92 Å². The second-order valence-electron chi connectivity index (χ2n) is 6.06. The number of benzene rings is 2. The van der Waals surface area contributed by atoms with Gasteiger partial charge in [0.05, 0.1) is 0 Å². The van der Waals surface area contributed by atoms with Crippen molar-refractivity contribution in [3.05, 3.63) is 65.2 Å². The second kappa shape index (κ2) is 10.1. The van der Waals surface area contributed by atoms with Crippen LogP contribution in [0.1, 0.15) is 49.3 Å². The number of ether oxygens (including phenoxy) is 1. The fourth-order valence-corrected chi connectivity index (χ4v) is 2.62. The molecule has 0 amide bonds. The van der Waals surface area contributed by atoms with Gasteiger partial charge in [-0.2, -0.15) is 0 Å². The summed E-state index contributed by atoms with van der Waals surface area (Å²) in [6.45, 7) is 6.94. The number of nitrogens with one attached hydrogen (secondary N) is 1. The Bertz CT molecular complexity index is 580. The normalized spacial score (nSPS) is 10.7. The zero-order chi connectivity index (χ0) is 16.3. The Kier molecular flexibility index (Phi) is 7.68. The molecular weight excluding hydrogens is 282 g/mol. The molecule has 0 bridgehead atoms. The molecule has 2 rings (SSSR count). The Hall–Kier alpha value is -1.80. The van der Waals surface area contributed by atoms with E-state index >= 15 is 0 Å². The van der Waals surface area contributed by atoms with Gasteiger partial charge in [0.1, 0.15) is 12.4 Å². The van der Waals surface area contributed by atoms with Crippen LogP contribution in [0.3, 0.4) is 0 Å². The molecular formula is C21H29NO. The molecule has 2 nitrogen and oxygen atoms in total. The molecule has 2 aromatic rings. The van der Waals surface area contributed by atoms with E-state index in [4.69, 9.17) is 4.74 Å². The van der Waals surface area contributed by atoms with Gasteiger partial charge in [-0.3, -0.25) is 0 Å². The van der Waals surface area contributed by atoms with Gasteiger partial charge >= 0.3 is 0 Å². The van der Waals surface area contributed by atoms with Gasteiger partial charge in [0.15, 0.2) is 0 Å². The van der Waals surface area contributed by atoms with E-state index in [2.05, 4.69) is 61.6 Å². The number of aryl methyl sites for hydroxylation is 1. The fraction of sp³-hybridized carbons (Fsp3) is 0.429. The molecule has 0 heterocycles. The van der Waals surface area contributed by atoms with Crippen LogP contribution in [-0.2, 0) is 13.2 Å². The number of para-hydroxylation sites is 1. The Morgan fingerprint density at radius 3 is 2.39 bits per heavy atom. The van der Waals surface area contributed by atoms with Gasteiger partial charge in [-0.05, 0) is 37.1 Å². The number of hydrogen-bond acceptors (Lipinski definition) is 2. The number of rotatable bonds is 10. The lowest BCUT2D eigenvalue weighted by Crippen LogP contribution is -2.15. The van der Waals surface area contributed by atoms with E-state index in [1.54, 1.807) is 0 Å². The SMILES string of the molecule is CCCCCCNCc1ccccc1OCc1ccccc1C. The first-order valence-electron chi connectivity index (χ1n) is 8.77. The average molecular weight is 311 g/mol. The Morgan fingerprint density at radius 2 is 1.61 bits per heavy atom. The van der Waals surface area contributed by atoms with Crippen molar-refractivity contribution in [3.63, 3.8) is 0 Å². The summed E-state index contributed by atoms with van der Waals surface area (Å²) < 4.78 is 6.06. The summed E-state index contributed by atoms with van der Waals surface area (Å²) in [4.78, 5) is 0. The highest BCUT2D eigenvalue weighted by atomic mass is 16.5. The van der Waals surface area contributed by atoms with Gasteiger partial charge < -0.3 is 10.1 Å². The maximum atomic E-state index is 6.06. The molecule has 0 saturated heterocycles. The van der Waals surface area contributed by atoms with Gasteiger partial charge in [-0.25, -0.2) is 0 Å². The van der Waals surface area contributed by atoms with E-state index < -0.39 is 0 Å². The first kappa shape index (κ1) is 17.6. The maximum absolute atomic E-state index is 6.06. The fourth-order valence-electron chi connectivity index (χ4n) is 2.62. The molecule has 2 heteroatoms. The van der Waals surface area contributed by atoms with Crippen molar-refractivity contribution in [2.24, 2.45) is 0 Å². The maximum Gasteiger partial charge on any atom is 0.124 e. The number of unbranched alkanes of at least 4 members (excludes halogenated alkanes) is 3. The lowest BCUT2D eigenvalue weighted by molar-refractivity contribution is 0.301. The third-order valence-electron chi connectivity index (χ3n) is 4.14. The minimum absolute atomic E-state index is 0.625. The standard InChI is InChI=1S/C21H29NO/c1-3-4-5-10-15-22-16-19-12-8-9-14-21(19)23-17-20-13-7-6-11-18(20)2/h6-9,11-14,22H,3-5,10,15-17H2,1-2H3. The van der Waals surface area contributed by atoms with Crippen LogP contribution in [0.15, 0.2) is 48.5 Å². The van der Waals surface area contributed by atoms with Gasteiger partial charge in [-0.15, -0.1) is 0 Å². The largest absolute Gasteiger partial charge is 0.489 e. The molecule has 0 atom stereocenters. The zero-order valence-electron chi connectivity index (χ0n) is 14.5. The van der Waals surface area contributed by atoms with Crippen molar-refractivity contribution >= 4 is 0 Å². The summed E-state index contributed by atoms with van der Waals surface area (Å²) in [5.74, 6) is 0.983. The van der Waals surface area contributed by atoms with E-state index in [1.807, 2.05) is 6.07 Å². The molecule has 0 saturated carbocycles. The molecule has 0 radical (unpaired) electrons. The smallest absolute Gasteiger partial charge is 0.124 e. The number of hydrogen-bond donors (Lipinski definition) is 1. The third-order valence-corrected chi connectivity index (χ3v) is 4.14. The molecule has 2 aromatic carbocycles. The molecule has 0 unspecified atom stereocenters. The van der Waals surface area contributed by atoms with Crippen molar-refractivity contribution in [1.29, 1.82) is 0 Å². The minimum atomic E-state index is 0.625. The van der Waals surface area contributed by atoms with Crippen LogP contribution in [0.2, 0.25) is 0 Å². The predicted octanol–water partition coefficient (Wildman–Crippen LogP) is 5.24. The summed E-state index contributed by atoms with van der Waals surface area (Å²) in [5, 5.41) is 3.53. The summed E-state index contributed by atoms with van der Waals surface area (Å²) in [5.41, 5.74) is 3.76. The lowest BCUT2D eigenvalue weighted by atomic mass is 10.1. The van der Waals surface area contributed by atoms with Gasteiger partial charge in [0.2, 0.25) is 0 Å². The molecule has 0 fully saturated rings. The highest BCUT2D eigenvalue weighted by molar-refractivity contribution is 5.34. The van der Waals surface area contributed by atoms with E-state index in [-0.39, 0.29) is 0 Å². The lowest BCUT2D eigenvalue weighted by Gasteiger charge is -2.13. The van der Waals surface area contributed by atoms with E-state index in [0.717, 1.165) is 18.8 Å². The van der Waals surface area contributed by atoms with Crippen LogP contribution in [0.4, 0.5) is 0 Å². The first-order chi connectivity index (χ1) is 11.3. The molecule has 0 aromatic heterocycles. The van der Waals surface area contributed by atoms with Crippen LogP contribution >= 0.6 is 0 Å². The Morgan fingerprint density at radius 1 is 0.870 bits per heavy atom. The minimum Gasteiger partial charge on any atom is -0.489 e. The topological polar surface area (TPSA) is 21.3 Å². The van der Waals surface area contributed by atoms with E-state index in [1.165, 1.54) is 42.4 Å². The Balaban J connectivity index is 1.84. The summed E-state index contributed by atoms with van der Waals surface area (Å²) in [6.07, 6.45) is 5.18. The van der Waals surface area contributed by atoms with Crippen LogP contribution in [0.5, 0.6) is 5.75 Å². The predicted molar refractivity (Wildman–Crippen MR) is 97.8 cm³/mol. The highest BCUT2D eigenvalue weighted by Crippen LogP contribution is 2.20. The van der Waals surface area contributed by atoms with Crippen LogP contribution in [0.25, 0.3) is 0 Å². The molecule has 0 aliphatic heterocycles. The first-order valence-corrected chi connectivity index (χ1v) is 8.77. The van der Waals surface area contributed by atoms with Crippen molar-refractivity contribution in [2.75, 3.05) is 6.54 Å². The molecule has 23 heavy (non-hydrogen) atoms. The Labute approximate surface area is 140 Å². The van der Waals surface area contributed by atoms with Crippen molar-refractivity contribution in [1.82, 2.24) is 5.32 Å². The van der Waals surface area contributed by atoms with Crippen LogP contribution < -0.4 is 10.1 Å². The molecule has 0 aliphatic rings. The van der Waals surface area contributed by atoms with Gasteiger partial charge in [0.25, 0.3) is 0 Å². The van der Waals surface area contributed by atoms with Crippen LogP contribution in [-0.4, -0.2) is 6.54 Å². The van der Waals surface area contributed by atoms with Crippen molar-refractivity contribution in [2.45, 2.75) is 52.7 Å². The monoisotopic (exact) mass is 311 g/mol. The zero-order valence-corrected chi connectivity index (χ0v) is 14.5. The second-order valence-corrected chi connectivity index (χ2v) is 6.06.